The predicted octanol–water partition coefficient (Wildman–Crippen LogP) is 2.12. The number of aryl methyl sites for hydroxylation is 1. The maximum atomic E-state index is 5.14. The van der Waals surface area contributed by atoms with E-state index in [2.05, 4.69) is 33.0 Å². The summed E-state index contributed by atoms with van der Waals surface area (Å²) in [6, 6.07) is 0.784. The van der Waals surface area contributed by atoms with Crippen LogP contribution in [0, 0.1) is 6.92 Å². The third-order valence-electron chi connectivity index (χ3n) is 4.13. The van der Waals surface area contributed by atoms with Gasteiger partial charge in [0.1, 0.15) is 0 Å². The molecule has 0 bridgehead atoms. The van der Waals surface area contributed by atoms with E-state index in [1.165, 1.54) is 25.7 Å². The van der Waals surface area contributed by atoms with E-state index in [0.29, 0.717) is 6.61 Å². The summed E-state index contributed by atoms with van der Waals surface area (Å²) in [7, 11) is 3.97. The Morgan fingerprint density at radius 1 is 1.45 bits per heavy atom. The summed E-state index contributed by atoms with van der Waals surface area (Å²) in [6.07, 6.45) is 7.57. The first-order valence-electron chi connectivity index (χ1n) is 7.67. The molecule has 1 aromatic rings. The number of imidazole rings is 1. The first-order chi connectivity index (χ1) is 9.70. The summed E-state index contributed by atoms with van der Waals surface area (Å²) in [5, 5.41) is 3.45. The highest BCUT2D eigenvalue weighted by atomic mass is 16.5. The van der Waals surface area contributed by atoms with Crippen LogP contribution < -0.4 is 5.32 Å². The summed E-state index contributed by atoms with van der Waals surface area (Å²) in [6.45, 7) is 5.60. The van der Waals surface area contributed by atoms with Crippen LogP contribution in [-0.2, 0) is 11.3 Å². The molecule has 1 aromatic heterocycles. The normalized spacial score (nSPS) is 16.2. The van der Waals surface area contributed by atoms with Gasteiger partial charge >= 0.3 is 0 Å². The van der Waals surface area contributed by atoms with E-state index < -0.39 is 0 Å². The number of hydrogen-bond donors (Lipinski definition) is 1. The van der Waals surface area contributed by atoms with Gasteiger partial charge in [0.25, 0.3) is 0 Å². The number of hydrogen-bond acceptors (Lipinski definition) is 4. The van der Waals surface area contributed by atoms with Crippen molar-refractivity contribution in [1.82, 2.24) is 14.5 Å². The third-order valence-corrected chi connectivity index (χ3v) is 4.13. The molecular weight excluding hydrogens is 252 g/mol. The van der Waals surface area contributed by atoms with Crippen LogP contribution >= 0.6 is 0 Å². The van der Waals surface area contributed by atoms with Crippen molar-refractivity contribution >= 4 is 5.95 Å². The van der Waals surface area contributed by atoms with E-state index in [0.717, 1.165) is 37.3 Å². The zero-order valence-electron chi connectivity index (χ0n) is 13.1. The van der Waals surface area contributed by atoms with Gasteiger partial charge in [0, 0.05) is 39.0 Å². The molecule has 0 atom stereocenters. The Morgan fingerprint density at radius 2 is 2.20 bits per heavy atom. The second kappa shape index (κ2) is 7.64. The highest BCUT2D eigenvalue weighted by Gasteiger charge is 2.18. The van der Waals surface area contributed by atoms with Crippen LogP contribution in [0.15, 0.2) is 6.20 Å². The van der Waals surface area contributed by atoms with Crippen LogP contribution in [0.25, 0.3) is 0 Å². The summed E-state index contributed by atoms with van der Waals surface area (Å²) < 4.78 is 7.27. The second-order valence-corrected chi connectivity index (χ2v) is 5.74. The fourth-order valence-electron chi connectivity index (χ4n) is 2.92. The molecule has 1 N–H and O–H groups in total. The zero-order chi connectivity index (χ0) is 14.4. The molecule has 1 heterocycles. The quantitative estimate of drug-likeness (QED) is 0.792. The van der Waals surface area contributed by atoms with Gasteiger partial charge < -0.3 is 19.5 Å². The van der Waals surface area contributed by atoms with E-state index in [9.17, 15) is 0 Å². The lowest BCUT2D eigenvalue weighted by atomic mass is 10.2. The van der Waals surface area contributed by atoms with E-state index in [1.54, 1.807) is 7.11 Å². The summed E-state index contributed by atoms with van der Waals surface area (Å²) >= 11 is 0. The maximum absolute atomic E-state index is 5.14. The van der Waals surface area contributed by atoms with Gasteiger partial charge in [0.2, 0.25) is 5.95 Å². The van der Waals surface area contributed by atoms with Gasteiger partial charge in [-0.25, -0.2) is 4.98 Å². The smallest absolute Gasteiger partial charge is 0.203 e. The number of anilines is 1. The van der Waals surface area contributed by atoms with Crippen LogP contribution in [-0.4, -0.2) is 54.3 Å². The number of nitrogens with zero attached hydrogens (tertiary/aromatic N) is 3. The van der Waals surface area contributed by atoms with Crippen LogP contribution in [0.2, 0.25) is 0 Å². The van der Waals surface area contributed by atoms with Gasteiger partial charge in [0.15, 0.2) is 0 Å². The van der Waals surface area contributed by atoms with E-state index in [-0.39, 0.29) is 0 Å². The van der Waals surface area contributed by atoms with Crippen LogP contribution in [0.1, 0.15) is 31.4 Å². The standard InChI is InChI=1S/C15H28N4O/c1-13-12-19(10-11-20-3)15(17-13)16-8-9-18(2)14-6-4-5-7-14/h12,14H,4-11H2,1-3H3,(H,16,17). The SMILES string of the molecule is COCCn1cc(C)nc1NCCN(C)C1CCCC1. The Balaban J connectivity index is 1.78. The molecule has 0 saturated heterocycles. The predicted molar refractivity (Wildman–Crippen MR) is 82.2 cm³/mol. The Kier molecular flexibility index (Phi) is 5.86. The molecule has 0 aliphatic heterocycles. The average Bonchev–Trinajstić information content (AvgIpc) is 3.06. The largest absolute Gasteiger partial charge is 0.383 e. The molecule has 114 valence electrons. The minimum Gasteiger partial charge on any atom is -0.383 e. The van der Waals surface area contributed by atoms with Gasteiger partial charge in [-0.3, -0.25) is 0 Å². The molecule has 0 amide bonds. The Bertz CT molecular complexity index is 399. The number of nitrogens with one attached hydrogen (secondary N) is 1. The molecule has 2 rings (SSSR count). The molecule has 0 radical (unpaired) electrons. The van der Waals surface area contributed by atoms with Crippen LogP contribution in [0.3, 0.4) is 0 Å². The molecule has 1 aliphatic rings. The van der Waals surface area contributed by atoms with Crippen molar-refractivity contribution < 1.29 is 4.74 Å². The Hall–Kier alpha value is -1.07. The van der Waals surface area contributed by atoms with Crippen molar-refractivity contribution in [2.24, 2.45) is 0 Å². The van der Waals surface area contributed by atoms with Gasteiger partial charge in [0.05, 0.1) is 12.3 Å². The summed E-state index contributed by atoms with van der Waals surface area (Å²) in [5.41, 5.74) is 1.05. The van der Waals surface area contributed by atoms with Gasteiger partial charge in [-0.2, -0.15) is 0 Å². The lowest BCUT2D eigenvalue weighted by Gasteiger charge is -2.24. The highest BCUT2D eigenvalue weighted by Crippen LogP contribution is 2.21. The molecule has 0 spiro atoms. The molecule has 1 fully saturated rings. The molecule has 1 saturated carbocycles. The third kappa shape index (κ3) is 4.21. The minimum absolute atomic E-state index is 0.715. The molecule has 5 heteroatoms. The van der Waals surface area contributed by atoms with E-state index in [1.807, 2.05) is 6.92 Å². The number of rotatable bonds is 8. The monoisotopic (exact) mass is 280 g/mol. The lowest BCUT2D eigenvalue weighted by molar-refractivity contribution is 0.187. The van der Waals surface area contributed by atoms with Crippen molar-refractivity contribution in [3.05, 3.63) is 11.9 Å². The summed E-state index contributed by atoms with van der Waals surface area (Å²) in [5.74, 6) is 0.958. The van der Waals surface area contributed by atoms with Crippen molar-refractivity contribution in [2.75, 3.05) is 39.2 Å². The summed E-state index contributed by atoms with van der Waals surface area (Å²) in [4.78, 5) is 7.02. The van der Waals surface area contributed by atoms with Crippen molar-refractivity contribution in [1.29, 1.82) is 0 Å². The first-order valence-corrected chi connectivity index (χ1v) is 7.67. The number of ether oxygens (including phenoxy) is 1. The Labute approximate surface area is 122 Å². The second-order valence-electron chi connectivity index (χ2n) is 5.74. The average molecular weight is 280 g/mol. The topological polar surface area (TPSA) is 42.3 Å². The van der Waals surface area contributed by atoms with Crippen molar-refractivity contribution in [3.8, 4) is 0 Å². The fourth-order valence-corrected chi connectivity index (χ4v) is 2.92. The van der Waals surface area contributed by atoms with Crippen molar-refractivity contribution in [3.63, 3.8) is 0 Å². The van der Waals surface area contributed by atoms with Crippen molar-refractivity contribution in [2.45, 2.75) is 45.2 Å². The number of likely N-dealkylation sites (N-methyl/N-ethyl adjacent to an activating group) is 1. The van der Waals surface area contributed by atoms with Gasteiger partial charge in [-0.15, -0.1) is 0 Å². The number of aromatic nitrogens is 2. The molecule has 20 heavy (non-hydrogen) atoms. The van der Waals surface area contributed by atoms with Crippen LogP contribution in [0.5, 0.6) is 0 Å². The lowest BCUT2D eigenvalue weighted by Crippen LogP contribution is -2.33. The number of methoxy groups -OCH3 is 1. The minimum atomic E-state index is 0.715. The van der Waals surface area contributed by atoms with E-state index >= 15 is 0 Å². The molecule has 5 nitrogen and oxygen atoms in total. The molecule has 1 aliphatic carbocycles. The van der Waals surface area contributed by atoms with Gasteiger partial charge in [-0.05, 0) is 26.8 Å². The molecular formula is C15H28N4O. The maximum Gasteiger partial charge on any atom is 0.203 e. The first kappa shape index (κ1) is 15.3. The molecule has 0 unspecified atom stereocenters. The van der Waals surface area contributed by atoms with Gasteiger partial charge in [-0.1, -0.05) is 12.8 Å². The van der Waals surface area contributed by atoms with Crippen LogP contribution in [0.4, 0.5) is 5.95 Å². The highest BCUT2D eigenvalue weighted by molar-refractivity contribution is 5.28. The Morgan fingerprint density at radius 3 is 2.90 bits per heavy atom. The molecule has 0 aromatic carbocycles. The zero-order valence-corrected chi connectivity index (χ0v) is 13.1. The van der Waals surface area contributed by atoms with E-state index in [4.69, 9.17) is 4.74 Å². The fraction of sp³-hybridized carbons (Fsp3) is 0.800.